The number of amides is 1. The van der Waals surface area contributed by atoms with Crippen LogP contribution >= 0.6 is 11.6 Å². The predicted octanol–water partition coefficient (Wildman–Crippen LogP) is 3.77. The first-order valence-corrected chi connectivity index (χ1v) is 9.87. The number of carbonyl (C=O) groups excluding carboxylic acids is 2. The molecule has 3 aliphatic rings. The van der Waals surface area contributed by atoms with Gasteiger partial charge in [0.25, 0.3) is 5.91 Å². The van der Waals surface area contributed by atoms with E-state index in [1.165, 1.54) is 12.8 Å². The fourth-order valence-electron chi connectivity index (χ4n) is 4.18. The number of hydrogen-bond acceptors (Lipinski definition) is 4. The maximum absolute atomic E-state index is 13.1. The number of nitrogens with zero attached hydrogens (tertiary/aromatic N) is 3. The first-order valence-electron chi connectivity index (χ1n) is 9.49. The van der Waals surface area contributed by atoms with E-state index >= 15 is 0 Å². The lowest BCUT2D eigenvalue weighted by molar-refractivity contribution is 0.0482. The van der Waals surface area contributed by atoms with Gasteiger partial charge in [0.2, 0.25) is 0 Å². The van der Waals surface area contributed by atoms with Crippen molar-refractivity contribution in [2.24, 2.45) is 5.92 Å². The molecule has 1 saturated heterocycles. The smallest absolute Gasteiger partial charge is 0.358 e. The van der Waals surface area contributed by atoms with Gasteiger partial charge in [-0.05, 0) is 37.3 Å². The SMILES string of the molecule is O=C(OCCC1CC1)c1ncn2c1[C@@H]1CCCN1C(=O)c1c(Cl)cccc1-2. The zero-order valence-corrected chi connectivity index (χ0v) is 15.6. The van der Waals surface area contributed by atoms with Crippen LogP contribution in [0.1, 0.15) is 64.7 Å². The van der Waals surface area contributed by atoms with E-state index in [9.17, 15) is 9.59 Å². The summed E-state index contributed by atoms with van der Waals surface area (Å²) in [6.45, 7) is 1.07. The van der Waals surface area contributed by atoms with Crippen LogP contribution in [0.15, 0.2) is 24.5 Å². The summed E-state index contributed by atoms with van der Waals surface area (Å²) in [5, 5.41) is 0.415. The molecule has 6 nitrogen and oxygen atoms in total. The van der Waals surface area contributed by atoms with Gasteiger partial charge in [-0.1, -0.05) is 30.5 Å². The Balaban J connectivity index is 1.57. The molecule has 2 fully saturated rings. The molecule has 2 aromatic rings. The molecule has 7 heteroatoms. The monoisotopic (exact) mass is 385 g/mol. The van der Waals surface area contributed by atoms with Crippen LogP contribution in [0.4, 0.5) is 0 Å². The van der Waals surface area contributed by atoms with Crippen molar-refractivity contribution in [2.75, 3.05) is 13.2 Å². The summed E-state index contributed by atoms with van der Waals surface area (Å²) in [5.41, 5.74) is 2.18. The van der Waals surface area contributed by atoms with Crippen molar-refractivity contribution in [1.29, 1.82) is 0 Å². The highest BCUT2D eigenvalue weighted by atomic mass is 35.5. The average molecular weight is 386 g/mol. The number of fused-ring (bicyclic) bond motifs is 5. The van der Waals surface area contributed by atoms with E-state index in [-0.39, 0.29) is 11.9 Å². The standard InChI is InChI=1S/C20H20ClN3O3/c21-13-3-1-4-14-16(13)19(25)23-9-2-5-15(23)18-17(22-11-24(14)18)20(26)27-10-8-12-6-7-12/h1,3-4,11-12,15H,2,5-10H2/t15-/m0/s1. The van der Waals surface area contributed by atoms with Crippen molar-refractivity contribution < 1.29 is 14.3 Å². The van der Waals surface area contributed by atoms with Gasteiger partial charge in [-0.15, -0.1) is 0 Å². The molecule has 0 bridgehead atoms. The van der Waals surface area contributed by atoms with E-state index in [4.69, 9.17) is 16.3 Å². The highest BCUT2D eigenvalue weighted by Crippen LogP contribution is 2.41. The molecule has 0 N–H and O–H groups in total. The average Bonchev–Trinajstić information content (AvgIpc) is 3.20. The molecule has 2 aliphatic heterocycles. The van der Waals surface area contributed by atoms with E-state index in [0.29, 0.717) is 41.0 Å². The molecule has 0 radical (unpaired) electrons. The van der Waals surface area contributed by atoms with E-state index in [1.807, 2.05) is 21.6 Å². The minimum atomic E-state index is -0.408. The summed E-state index contributed by atoms with van der Waals surface area (Å²) in [4.78, 5) is 32.0. The Bertz CT molecular complexity index is 935. The zero-order valence-electron chi connectivity index (χ0n) is 14.9. The van der Waals surface area contributed by atoms with Crippen molar-refractivity contribution in [3.63, 3.8) is 0 Å². The molecule has 1 aromatic carbocycles. The second-order valence-electron chi connectivity index (χ2n) is 7.51. The lowest BCUT2D eigenvalue weighted by atomic mass is 10.1. The quantitative estimate of drug-likeness (QED) is 0.751. The normalized spacial score (nSPS) is 20.7. The second kappa shape index (κ2) is 6.37. The maximum atomic E-state index is 13.1. The molecular weight excluding hydrogens is 366 g/mol. The van der Waals surface area contributed by atoms with Gasteiger partial charge in [-0.25, -0.2) is 9.78 Å². The first kappa shape index (κ1) is 16.8. The van der Waals surface area contributed by atoms with Gasteiger partial charge in [-0.2, -0.15) is 0 Å². The summed E-state index contributed by atoms with van der Waals surface area (Å²) < 4.78 is 7.33. The maximum Gasteiger partial charge on any atom is 0.358 e. The fraction of sp³-hybridized carbons (Fsp3) is 0.450. The summed E-state index contributed by atoms with van der Waals surface area (Å²) >= 11 is 6.37. The molecule has 1 amide bonds. The van der Waals surface area contributed by atoms with Crippen molar-refractivity contribution in [1.82, 2.24) is 14.5 Å². The van der Waals surface area contributed by atoms with Crippen molar-refractivity contribution in [3.8, 4) is 5.69 Å². The van der Waals surface area contributed by atoms with E-state index in [0.717, 1.165) is 25.0 Å². The van der Waals surface area contributed by atoms with Crippen LogP contribution in [0.5, 0.6) is 0 Å². The second-order valence-corrected chi connectivity index (χ2v) is 7.91. The van der Waals surface area contributed by atoms with Crippen LogP contribution in [-0.4, -0.2) is 39.5 Å². The van der Waals surface area contributed by atoms with Crippen LogP contribution in [0.2, 0.25) is 5.02 Å². The predicted molar refractivity (Wildman–Crippen MR) is 99.2 cm³/mol. The Morgan fingerprint density at radius 1 is 1.30 bits per heavy atom. The lowest BCUT2D eigenvalue weighted by Crippen LogP contribution is -2.30. The molecule has 0 spiro atoms. The first-order chi connectivity index (χ1) is 13.1. The molecule has 3 heterocycles. The van der Waals surface area contributed by atoms with Crippen LogP contribution in [0.25, 0.3) is 5.69 Å². The molecule has 1 atom stereocenters. The summed E-state index contributed by atoms with van der Waals surface area (Å²) in [7, 11) is 0. The van der Waals surface area contributed by atoms with E-state index in [1.54, 1.807) is 12.4 Å². The number of imidazole rings is 1. The highest BCUT2D eigenvalue weighted by Gasteiger charge is 2.41. The summed E-state index contributed by atoms with van der Waals surface area (Å²) in [6.07, 6.45) is 6.66. The Hall–Kier alpha value is -2.34. The number of aromatic nitrogens is 2. The largest absolute Gasteiger partial charge is 0.461 e. The molecule has 1 saturated carbocycles. The van der Waals surface area contributed by atoms with Crippen molar-refractivity contribution in [3.05, 3.63) is 46.5 Å². The summed E-state index contributed by atoms with van der Waals surface area (Å²) in [5.74, 6) is 0.206. The van der Waals surface area contributed by atoms with Gasteiger partial charge < -0.3 is 9.64 Å². The van der Waals surface area contributed by atoms with Gasteiger partial charge in [0.1, 0.15) is 6.33 Å². The third-order valence-electron chi connectivity index (χ3n) is 5.75. The third kappa shape index (κ3) is 2.74. The number of rotatable bonds is 4. The van der Waals surface area contributed by atoms with Gasteiger partial charge in [-0.3, -0.25) is 9.36 Å². The third-order valence-corrected chi connectivity index (χ3v) is 6.06. The molecular formula is C20H20ClN3O3. The Morgan fingerprint density at radius 2 is 2.15 bits per heavy atom. The Kier molecular flexibility index (Phi) is 3.97. The van der Waals surface area contributed by atoms with E-state index < -0.39 is 5.97 Å². The van der Waals surface area contributed by atoms with Gasteiger partial charge >= 0.3 is 5.97 Å². The van der Waals surface area contributed by atoms with Crippen LogP contribution in [0, 0.1) is 5.92 Å². The molecule has 1 aromatic heterocycles. The van der Waals surface area contributed by atoms with Crippen LogP contribution < -0.4 is 0 Å². The number of carbonyl (C=O) groups is 2. The molecule has 27 heavy (non-hydrogen) atoms. The van der Waals surface area contributed by atoms with Crippen molar-refractivity contribution >= 4 is 23.5 Å². The van der Waals surface area contributed by atoms with Gasteiger partial charge in [0, 0.05) is 6.54 Å². The van der Waals surface area contributed by atoms with Gasteiger partial charge in [0.15, 0.2) is 5.69 Å². The number of ether oxygens (including phenoxy) is 1. The lowest BCUT2D eigenvalue weighted by Gasteiger charge is -2.23. The minimum absolute atomic E-state index is 0.0881. The number of esters is 1. The number of benzene rings is 1. The fourth-order valence-corrected chi connectivity index (χ4v) is 4.43. The number of hydrogen-bond donors (Lipinski definition) is 0. The molecule has 0 unspecified atom stereocenters. The Labute approximate surface area is 162 Å². The van der Waals surface area contributed by atoms with E-state index in [2.05, 4.69) is 4.98 Å². The molecule has 140 valence electrons. The zero-order chi connectivity index (χ0) is 18.5. The highest BCUT2D eigenvalue weighted by molar-refractivity contribution is 6.34. The van der Waals surface area contributed by atoms with Crippen LogP contribution in [-0.2, 0) is 4.74 Å². The van der Waals surface area contributed by atoms with Gasteiger partial charge in [0.05, 0.1) is 34.6 Å². The topological polar surface area (TPSA) is 64.4 Å². The van der Waals surface area contributed by atoms with Crippen LogP contribution in [0.3, 0.4) is 0 Å². The van der Waals surface area contributed by atoms with Crippen molar-refractivity contribution in [2.45, 2.75) is 38.1 Å². The molecule has 5 rings (SSSR count). The summed E-state index contributed by atoms with van der Waals surface area (Å²) in [6, 6.07) is 5.18. The Morgan fingerprint density at radius 3 is 2.96 bits per heavy atom. The number of halogens is 1. The minimum Gasteiger partial charge on any atom is -0.461 e. The molecule has 1 aliphatic carbocycles.